The van der Waals surface area contributed by atoms with Gasteiger partial charge in [-0.05, 0) is 45.2 Å². The molecule has 0 saturated heterocycles. The lowest BCUT2D eigenvalue weighted by atomic mass is 9.81. The van der Waals surface area contributed by atoms with Crippen molar-refractivity contribution in [3.8, 4) is 28.3 Å². The molecule has 198 valence electrons. The topological polar surface area (TPSA) is 30.7 Å². The zero-order valence-electron chi connectivity index (χ0n) is 23.5. The summed E-state index contributed by atoms with van der Waals surface area (Å²) in [5.41, 5.74) is 10.4. The normalized spacial score (nSPS) is 13.7. The van der Waals surface area contributed by atoms with E-state index in [2.05, 4.69) is 140 Å². The summed E-state index contributed by atoms with van der Waals surface area (Å²) in [5, 5.41) is 6.07. The first-order valence-corrected chi connectivity index (χ1v) is 14.5. The quantitative estimate of drug-likeness (QED) is 0.220. The third-order valence-electron chi connectivity index (χ3n) is 9.17. The van der Waals surface area contributed by atoms with Gasteiger partial charge in [-0.3, -0.25) is 4.57 Å². The van der Waals surface area contributed by atoms with Crippen molar-refractivity contribution >= 4 is 43.5 Å². The molecule has 0 saturated carbocycles. The molecule has 42 heavy (non-hydrogen) atoms. The van der Waals surface area contributed by atoms with Crippen molar-refractivity contribution in [2.45, 2.75) is 19.3 Å². The summed E-state index contributed by atoms with van der Waals surface area (Å²) in [6.07, 6.45) is 0. The van der Waals surface area contributed by atoms with E-state index in [4.69, 9.17) is 9.97 Å². The zero-order chi connectivity index (χ0) is 28.0. The minimum atomic E-state index is -0.209. The van der Waals surface area contributed by atoms with Gasteiger partial charge in [0.1, 0.15) is 0 Å². The first-order chi connectivity index (χ1) is 20.6. The Morgan fingerprint density at radius 2 is 1.29 bits per heavy atom. The van der Waals surface area contributed by atoms with Crippen LogP contribution in [0.15, 0.2) is 127 Å². The molecule has 0 unspecified atom stereocenters. The number of fused-ring (bicyclic) bond motifs is 10. The van der Waals surface area contributed by atoms with Gasteiger partial charge < -0.3 is 0 Å². The smallest absolute Gasteiger partial charge is 0.235 e. The Bertz CT molecular complexity index is 2380. The predicted octanol–water partition coefficient (Wildman–Crippen LogP) is 9.85. The second-order valence-electron chi connectivity index (χ2n) is 11.8. The summed E-state index contributed by atoms with van der Waals surface area (Å²) in [7, 11) is 0. The van der Waals surface area contributed by atoms with Crippen LogP contribution in [0, 0.1) is 0 Å². The van der Waals surface area contributed by atoms with Crippen molar-refractivity contribution in [3.63, 3.8) is 0 Å². The fraction of sp³-hybridized carbons (Fsp3) is 0.0769. The molecule has 0 aliphatic heterocycles. The molecule has 0 fully saturated rings. The molecule has 3 nitrogen and oxygen atoms in total. The Morgan fingerprint density at radius 3 is 2.14 bits per heavy atom. The van der Waals surface area contributed by atoms with E-state index in [0.717, 1.165) is 27.7 Å². The number of hydrogen-bond donors (Lipinski definition) is 0. The summed E-state index contributed by atoms with van der Waals surface area (Å²) in [6, 6.07) is 45.5. The summed E-state index contributed by atoms with van der Waals surface area (Å²) >= 11 is 0. The highest BCUT2D eigenvalue weighted by atomic mass is 15.2. The summed E-state index contributed by atoms with van der Waals surface area (Å²) in [4.78, 5) is 10.6. The van der Waals surface area contributed by atoms with Crippen LogP contribution in [0.2, 0.25) is 0 Å². The van der Waals surface area contributed by atoms with Crippen LogP contribution in [0.5, 0.6) is 0 Å². The largest absolute Gasteiger partial charge is 0.278 e. The van der Waals surface area contributed by atoms with Gasteiger partial charge in [-0.25, -0.2) is 9.97 Å². The van der Waals surface area contributed by atoms with Crippen molar-refractivity contribution in [3.05, 3.63) is 139 Å². The van der Waals surface area contributed by atoms with E-state index < -0.39 is 0 Å². The summed E-state index contributed by atoms with van der Waals surface area (Å²) in [6.45, 7) is 4.73. The third kappa shape index (κ3) is 3.05. The van der Waals surface area contributed by atoms with E-state index in [9.17, 15) is 0 Å². The van der Waals surface area contributed by atoms with Crippen molar-refractivity contribution in [2.75, 3.05) is 0 Å². The lowest BCUT2D eigenvalue weighted by molar-refractivity contribution is 0.664. The maximum atomic E-state index is 5.34. The number of benzene rings is 6. The number of rotatable bonds is 2. The fourth-order valence-corrected chi connectivity index (χ4v) is 7.30. The number of hydrogen-bond acceptors (Lipinski definition) is 2. The highest BCUT2D eigenvalue weighted by molar-refractivity contribution is 6.15. The Kier molecular flexibility index (Phi) is 4.67. The maximum absolute atomic E-state index is 5.34. The van der Waals surface area contributed by atoms with E-state index in [1.165, 1.54) is 49.3 Å². The van der Waals surface area contributed by atoms with Gasteiger partial charge in [0.15, 0.2) is 0 Å². The monoisotopic (exact) mass is 537 g/mol. The molecule has 6 aromatic carbocycles. The van der Waals surface area contributed by atoms with Crippen LogP contribution >= 0.6 is 0 Å². The molecule has 0 bridgehead atoms. The molecule has 0 spiro atoms. The van der Waals surface area contributed by atoms with Crippen LogP contribution in [0.1, 0.15) is 25.0 Å². The lowest BCUT2D eigenvalue weighted by Crippen LogP contribution is -2.17. The SMILES string of the molecule is CC1(C)c2ccc3ccccc3c2-c2ccc3c4ccccc4n(-c4nc(-c5ccccc5)c5ccccc5n4)c3c21. The Morgan fingerprint density at radius 1 is 0.571 bits per heavy atom. The second kappa shape index (κ2) is 8.37. The Balaban J connectivity index is 1.45. The predicted molar refractivity (Wildman–Crippen MR) is 174 cm³/mol. The van der Waals surface area contributed by atoms with Crippen LogP contribution in [0.3, 0.4) is 0 Å². The van der Waals surface area contributed by atoms with Crippen molar-refractivity contribution in [1.82, 2.24) is 14.5 Å². The molecule has 2 heterocycles. The van der Waals surface area contributed by atoms with Crippen molar-refractivity contribution in [1.29, 1.82) is 0 Å². The molecule has 1 aliphatic carbocycles. The molecule has 0 amide bonds. The van der Waals surface area contributed by atoms with Gasteiger partial charge in [-0.1, -0.05) is 129 Å². The number of para-hydroxylation sites is 2. The molecule has 0 radical (unpaired) electrons. The minimum absolute atomic E-state index is 0.209. The first-order valence-electron chi connectivity index (χ1n) is 14.5. The van der Waals surface area contributed by atoms with Crippen LogP contribution < -0.4 is 0 Å². The third-order valence-corrected chi connectivity index (χ3v) is 9.17. The highest BCUT2D eigenvalue weighted by Gasteiger charge is 2.39. The van der Waals surface area contributed by atoms with Gasteiger partial charge in [0.2, 0.25) is 5.95 Å². The van der Waals surface area contributed by atoms with E-state index >= 15 is 0 Å². The van der Waals surface area contributed by atoms with Gasteiger partial charge in [-0.15, -0.1) is 0 Å². The minimum Gasteiger partial charge on any atom is -0.278 e. The fourth-order valence-electron chi connectivity index (χ4n) is 7.30. The second-order valence-corrected chi connectivity index (χ2v) is 11.8. The standard InChI is InChI=1S/C39H27N3/c1-39(2)31-23-20-24-12-6-7-15-26(24)34(31)30-22-21-28-27-16-9-11-19-33(27)42(37(28)35(30)39)38-40-32-18-10-8-17-29(32)36(41-38)25-13-4-3-5-14-25/h3-23H,1-2H3. The molecule has 9 rings (SSSR count). The van der Waals surface area contributed by atoms with Crippen molar-refractivity contribution < 1.29 is 0 Å². The lowest BCUT2D eigenvalue weighted by Gasteiger charge is -2.23. The molecule has 8 aromatic rings. The van der Waals surface area contributed by atoms with Gasteiger partial charge in [-0.2, -0.15) is 0 Å². The Labute approximate surface area is 243 Å². The van der Waals surface area contributed by atoms with E-state index in [0.29, 0.717) is 5.95 Å². The van der Waals surface area contributed by atoms with Crippen LogP contribution in [0.4, 0.5) is 0 Å². The van der Waals surface area contributed by atoms with Crippen LogP contribution in [-0.4, -0.2) is 14.5 Å². The van der Waals surface area contributed by atoms with Gasteiger partial charge >= 0.3 is 0 Å². The van der Waals surface area contributed by atoms with E-state index in [1.807, 2.05) is 6.07 Å². The van der Waals surface area contributed by atoms with E-state index in [-0.39, 0.29) is 5.41 Å². The molecule has 1 aliphatic rings. The average Bonchev–Trinajstić information content (AvgIpc) is 3.49. The summed E-state index contributed by atoms with van der Waals surface area (Å²) in [5.74, 6) is 0.698. The van der Waals surface area contributed by atoms with Gasteiger partial charge in [0.25, 0.3) is 0 Å². The molecule has 3 heteroatoms. The van der Waals surface area contributed by atoms with Crippen LogP contribution in [-0.2, 0) is 5.41 Å². The molecule has 0 atom stereocenters. The van der Waals surface area contributed by atoms with E-state index in [1.54, 1.807) is 0 Å². The van der Waals surface area contributed by atoms with Gasteiger partial charge in [0.05, 0.1) is 22.2 Å². The van der Waals surface area contributed by atoms with Crippen molar-refractivity contribution in [2.24, 2.45) is 0 Å². The molecular formula is C39H27N3. The number of nitrogens with zero attached hydrogens (tertiary/aromatic N) is 3. The molecular weight excluding hydrogens is 510 g/mol. The first kappa shape index (κ1) is 23.4. The highest BCUT2D eigenvalue weighted by Crippen LogP contribution is 2.54. The zero-order valence-corrected chi connectivity index (χ0v) is 23.5. The Hall–Kier alpha value is -5.28. The summed E-state index contributed by atoms with van der Waals surface area (Å²) < 4.78 is 2.32. The number of aromatic nitrogens is 3. The maximum Gasteiger partial charge on any atom is 0.235 e. The average molecular weight is 538 g/mol. The molecule has 2 aromatic heterocycles. The van der Waals surface area contributed by atoms with Crippen LogP contribution in [0.25, 0.3) is 71.8 Å². The molecule has 0 N–H and O–H groups in total. The van der Waals surface area contributed by atoms with Gasteiger partial charge in [0, 0.05) is 27.1 Å².